The highest BCUT2D eigenvalue weighted by molar-refractivity contribution is 6.22. The minimum atomic E-state index is 1.05. The van der Waals surface area contributed by atoms with Crippen molar-refractivity contribution in [3.8, 4) is 0 Å². The van der Waals surface area contributed by atoms with Gasteiger partial charge in [0.25, 0.3) is 0 Å². The van der Waals surface area contributed by atoms with E-state index >= 15 is 0 Å². The molecule has 0 spiro atoms. The molecule has 0 aliphatic rings. The van der Waals surface area contributed by atoms with Crippen molar-refractivity contribution in [2.24, 2.45) is 0 Å². The molecule has 1 heteroatoms. The average molecular weight is 295 g/mol. The maximum Gasteiger partial charge on any atom is 0.0497 e. The van der Waals surface area contributed by atoms with E-state index in [0.29, 0.717) is 0 Å². The minimum absolute atomic E-state index is 1.05. The SMILES string of the molecule is CCc1cccc2c1[nH]c1ccc3cc4ccccc4cc3c12. The predicted molar refractivity (Wildman–Crippen MR) is 100 cm³/mol. The fraction of sp³-hybridized carbons (Fsp3) is 0.0909. The van der Waals surface area contributed by atoms with Gasteiger partial charge in [-0.25, -0.2) is 0 Å². The molecule has 0 saturated carbocycles. The molecule has 0 bridgehead atoms. The molecule has 0 amide bonds. The van der Waals surface area contributed by atoms with E-state index in [1.54, 1.807) is 0 Å². The lowest BCUT2D eigenvalue weighted by molar-refractivity contribution is 1.15. The summed E-state index contributed by atoms with van der Waals surface area (Å²) in [7, 11) is 0. The Morgan fingerprint density at radius 1 is 0.739 bits per heavy atom. The van der Waals surface area contributed by atoms with Gasteiger partial charge in [-0.2, -0.15) is 0 Å². The van der Waals surface area contributed by atoms with Crippen LogP contribution in [-0.4, -0.2) is 4.98 Å². The Morgan fingerprint density at radius 3 is 2.39 bits per heavy atom. The van der Waals surface area contributed by atoms with Crippen molar-refractivity contribution < 1.29 is 0 Å². The van der Waals surface area contributed by atoms with Gasteiger partial charge >= 0.3 is 0 Å². The van der Waals surface area contributed by atoms with Gasteiger partial charge < -0.3 is 4.98 Å². The molecule has 5 aromatic rings. The Kier molecular flexibility index (Phi) is 2.54. The van der Waals surface area contributed by atoms with Crippen molar-refractivity contribution in [3.05, 3.63) is 72.3 Å². The highest BCUT2D eigenvalue weighted by Gasteiger charge is 2.10. The van der Waals surface area contributed by atoms with Crippen molar-refractivity contribution in [2.75, 3.05) is 0 Å². The van der Waals surface area contributed by atoms with E-state index in [9.17, 15) is 0 Å². The lowest BCUT2D eigenvalue weighted by atomic mass is 9.99. The molecule has 1 nitrogen and oxygen atoms in total. The molecule has 110 valence electrons. The number of aromatic amines is 1. The molecule has 0 aliphatic heterocycles. The molecule has 5 rings (SSSR count). The summed E-state index contributed by atoms with van der Waals surface area (Å²) in [6, 6.07) is 24.3. The summed E-state index contributed by atoms with van der Waals surface area (Å²) in [5.41, 5.74) is 3.89. The zero-order valence-electron chi connectivity index (χ0n) is 13.1. The van der Waals surface area contributed by atoms with Gasteiger partial charge in [-0.15, -0.1) is 0 Å². The van der Waals surface area contributed by atoms with E-state index < -0.39 is 0 Å². The predicted octanol–water partition coefficient (Wildman–Crippen LogP) is 6.19. The van der Waals surface area contributed by atoms with Crippen molar-refractivity contribution in [2.45, 2.75) is 13.3 Å². The molecule has 1 N–H and O–H groups in total. The molecule has 1 heterocycles. The number of hydrogen-bond donors (Lipinski definition) is 1. The van der Waals surface area contributed by atoms with Crippen LogP contribution in [0, 0.1) is 0 Å². The largest absolute Gasteiger partial charge is 0.354 e. The fourth-order valence-corrected chi connectivity index (χ4v) is 3.79. The third-order valence-electron chi connectivity index (χ3n) is 4.95. The number of para-hydroxylation sites is 1. The van der Waals surface area contributed by atoms with Crippen LogP contribution >= 0.6 is 0 Å². The number of benzene rings is 4. The van der Waals surface area contributed by atoms with Gasteiger partial charge in [0.2, 0.25) is 0 Å². The topological polar surface area (TPSA) is 15.8 Å². The van der Waals surface area contributed by atoms with Crippen LogP contribution in [0.4, 0.5) is 0 Å². The fourth-order valence-electron chi connectivity index (χ4n) is 3.79. The van der Waals surface area contributed by atoms with Crippen molar-refractivity contribution in [1.29, 1.82) is 0 Å². The standard InChI is InChI=1S/C22H17N/c1-2-14-8-5-9-18-21-19-13-16-7-4-3-6-15(16)12-17(19)10-11-20(21)23-22(14)18/h3-13,23H,2H2,1H3. The summed E-state index contributed by atoms with van der Waals surface area (Å²) in [5, 5.41) is 7.92. The van der Waals surface area contributed by atoms with Gasteiger partial charge in [-0.05, 0) is 51.7 Å². The van der Waals surface area contributed by atoms with E-state index in [2.05, 4.69) is 78.6 Å². The van der Waals surface area contributed by atoms with Crippen LogP contribution in [0.2, 0.25) is 0 Å². The summed E-state index contributed by atoms with van der Waals surface area (Å²) in [5.74, 6) is 0. The number of nitrogens with one attached hydrogen (secondary N) is 1. The normalized spacial score (nSPS) is 11.9. The maximum absolute atomic E-state index is 3.64. The molecule has 0 radical (unpaired) electrons. The van der Waals surface area contributed by atoms with Crippen LogP contribution in [0.25, 0.3) is 43.4 Å². The minimum Gasteiger partial charge on any atom is -0.354 e. The van der Waals surface area contributed by atoms with Gasteiger partial charge in [0.1, 0.15) is 0 Å². The van der Waals surface area contributed by atoms with Crippen molar-refractivity contribution in [3.63, 3.8) is 0 Å². The van der Waals surface area contributed by atoms with E-state index in [-0.39, 0.29) is 0 Å². The van der Waals surface area contributed by atoms with Gasteiger partial charge in [0, 0.05) is 21.8 Å². The Morgan fingerprint density at radius 2 is 1.57 bits per heavy atom. The zero-order chi connectivity index (χ0) is 15.4. The first-order valence-electron chi connectivity index (χ1n) is 8.20. The van der Waals surface area contributed by atoms with Gasteiger partial charge in [-0.3, -0.25) is 0 Å². The van der Waals surface area contributed by atoms with Crippen LogP contribution in [0.15, 0.2) is 66.7 Å². The van der Waals surface area contributed by atoms with Gasteiger partial charge in [-0.1, -0.05) is 55.5 Å². The third-order valence-corrected chi connectivity index (χ3v) is 4.95. The van der Waals surface area contributed by atoms with Crippen molar-refractivity contribution in [1.82, 2.24) is 4.98 Å². The van der Waals surface area contributed by atoms with E-state index in [1.807, 2.05) is 0 Å². The second kappa shape index (κ2) is 4.60. The summed E-state index contributed by atoms with van der Waals surface area (Å²) in [4.78, 5) is 3.64. The summed E-state index contributed by atoms with van der Waals surface area (Å²) >= 11 is 0. The first-order valence-corrected chi connectivity index (χ1v) is 8.20. The smallest absolute Gasteiger partial charge is 0.0497 e. The lowest BCUT2D eigenvalue weighted by Crippen LogP contribution is -1.81. The number of aromatic nitrogens is 1. The Balaban J connectivity index is 2.03. The molecular formula is C22H17N. The lowest BCUT2D eigenvalue weighted by Gasteiger charge is -2.04. The zero-order valence-corrected chi connectivity index (χ0v) is 13.1. The number of hydrogen-bond acceptors (Lipinski definition) is 0. The highest BCUT2D eigenvalue weighted by Crippen LogP contribution is 2.35. The van der Waals surface area contributed by atoms with Gasteiger partial charge in [0.05, 0.1) is 0 Å². The molecule has 0 unspecified atom stereocenters. The molecule has 0 saturated heterocycles. The van der Waals surface area contributed by atoms with Crippen LogP contribution in [-0.2, 0) is 6.42 Å². The molecule has 4 aromatic carbocycles. The van der Waals surface area contributed by atoms with Crippen LogP contribution in [0.5, 0.6) is 0 Å². The summed E-state index contributed by atoms with van der Waals surface area (Å²) in [6.07, 6.45) is 1.05. The van der Waals surface area contributed by atoms with Crippen LogP contribution in [0.1, 0.15) is 12.5 Å². The number of rotatable bonds is 1. The van der Waals surface area contributed by atoms with E-state index in [4.69, 9.17) is 0 Å². The molecule has 0 fully saturated rings. The first kappa shape index (κ1) is 12.7. The number of aryl methyl sites for hydroxylation is 1. The molecule has 0 atom stereocenters. The number of fused-ring (bicyclic) bond motifs is 6. The molecule has 1 aromatic heterocycles. The van der Waals surface area contributed by atoms with Crippen molar-refractivity contribution >= 4 is 43.4 Å². The monoisotopic (exact) mass is 295 g/mol. The summed E-state index contributed by atoms with van der Waals surface area (Å²) < 4.78 is 0. The summed E-state index contributed by atoms with van der Waals surface area (Å²) in [6.45, 7) is 2.21. The first-order chi connectivity index (χ1) is 11.3. The van der Waals surface area contributed by atoms with E-state index in [0.717, 1.165) is 6.42 Å². The Hall–Kier alpha value is -2.80. The third kappa shape index (κ3) is 1.74. The molecule has 0 aliphatic carbocycles. The Labute approximate surface area is 134 Å². The molecule has 23 heavy (non-hydrogen) atoms. The van der Waals surface area contributed by atoms with E-state index in [1.165, 1.54) is 48.9 Å². The average Bonchev–Trinajstić information content (AvgIpc) is 2.99. The highest BCUT2D eigenvalue weighted by atomic mass is 14.7. The van der Waals surface area contributed by atoms with Crippen LogP contribution in [0.3, 0.4) is 0 Å². The quantitative estimate of drug-likeness (QED) is 0.355. The second-order valence-electron chi connectivity index (χ2n) is 6.23. The molecular weight excluding hydrogens is 278 g/mol. The van der Waals surface area contributed by atoms with Crippen LogP contribution < -0.4 is 0 Å². The second-order valence-corrected chi connectivity index (χ2v) is 6.23. The Bertz CT molecular complexity index is 1190. The number of H-pyrrole nitrogens is 1. The van der Waals surface area contributed by atoms with Gasteiger partial charge in [0.15, 0.2) is 0 Å². The maximum atomic E-state index is 3.64.